The van der Waals surface area contributed by atoms with Crippen LogP contribution in [0.2, 0.25) is 0 Å². The highest BCUT2D eigenvalue weighted by Gasteiger charge is 2.31. The Morgan fingerprint density at radius 3 is 2.62 bits per heavy atom. The minimum absolute atomic E-state index is 0.291. The molecular formula is C16H15ClN2OS. The molecule has 0 spiro atoms. The molecule has 0 saturated heterocycles. The summed E-state index contributed by atoms with van der Waals surface area (Å²) in [6.07, 6.45) is 4.08. The molecule has 0 N–H and O–H groups in total. The van der Waals surface area contributed by atoms with Crippen LogP contribution in [0, 0.1) is 11.3 Å². The first-order valence-corrected chi connectivity index (χ1v) is 8.21. The second-order valence-electron chi connectivity index (χ2n) is 4.63. The lowest BCUT2D eigenvalue weighted by molar-refractivity contribution is 0.247. The van der Waals surface area contributed by atoms with Crippen molar-refractivity contribution in [1.82, 2.24) is 4.98 Å². The van der Waals surface area contributed by atoms with Crippen LogP contribution in [0.3, 0.4) is 0 Å². The quantitative estimate of drug-likeness (QED) is 0.782. The lowest BCUT2D eigenvalue weighted by Gasteiger charge is -2.25. The molecule has 0 aliphatic carbocycles. The highest BCUT2D eigenvalue weighted by atomic mass is 35.7. The minimum atomic E-state index is -0.686. The summed E-state index contributed by atoms with van der Waals surface area (Å²) in [7, 11) is 6.84. The van der Waals surface area contributed by atoms with Crippen LogP contribution >= 0.6 is 21.7 Å². The van der Waals surface area contributed by atoms with E-state index in [2.05, 4.69) is 11.1 Å². The molecule has 0 radical (unpaired) electrons. The number of aromatic nitrogens is 1. The molecule has 108 valence electrons. The smallest absolute Gasteiger partial charge is 0.119 e. The number of nitrogens with zero attached hydrogens (tertiary/aromatic N) is 2. The van der Waals surface area contributed by atoms with Gasteiger partial charge in [-0.15, -0.1) is 0 Å². The zero-order chi connectivity index (χ0) is 15.1. The van der Waals surface area contributed by atoms with Crippen molar-refractivity contribution in [1.29, 1.82) is 5.26 Å². The average molecular weight is 319 g/mol. The summed E-state index contributed by atoms with van der Waals surface area (Å²) in [5.41, 5.74) is 0.191. The molecule has 0 aliphatic heterocycles. The van der Waals surface area contributed by atoms with Crippen molar-refractivity contribution in [3.8, 4) is 11.8 Å². The van der Waals surface area contributed by atoms with E-state index in [0.717, 1.165) is 27.2 Å². The summed E-state index contributed by atoms with van der Waals surface area (Å²) in [6, 6.07) is 13.6. The van der Waals surface area contributed by atoms with Crippen LogP contribution < -0.4 is 4.74 Å². The molecule has 0 aliphatic rings. The molecule has 0 amide bonds. The molecule has 1 aromatic carbocycles. The van der Waals surface area contributed by atoms with Gasteiger partial charge >= 0.3 is 0 Å². The summed E-state index contributed by atoms with van der Waals surface area (Å²) in [5.74, 6) is 0.724. The molecule has 1 atom stereocenters. The maximum atomic E-state index is 9.61. The number of rotatable bonds is 6. The highest BCUT2D eigenvalue weighted by molar-refractivity contribution is 8.21. The third kappa shape index (κ3) is 3.69. The number of ether oxygens (including phenoxy) is 1. The fraction of sp³-hybridized carbons (Fsp3) is 0.250. The van der Waals surface area contributed by atoms with Gasteiger partial charge in [-0.1, -0.05) is 13.0 Å². The number of hydrogen-bond donors (Lipinski definition) is 0. The van der Waals surface area contributed by atoms with E-state index in [1.807, 2.05) is 43.3 Å². The molecule has 3 nitrogen and oxygen atoms in total. The van der Waals surface area contributed by atoms with Gasteiger partial charge in [0.25, 0.3) is 0 Å². The van der Waals surface area contributed by atoms with E-state index in [-0.39, 0.29) is 0 Å². The zero-order valence-corrected chi connectivity index (χ0v) is 13.2. The first-order chi connectivity index (χ1) is 10.2. The van der Waals surface area contributed by atoms with Crippen LogP contribution in [0.4, 0.5) is 0 Å². The van der Waals surface area contributed by atoms with Crippen molar-refractivity contribution >= 4 is 21.7 Å². The van der Waals surface area contributed by atoms with Gasteiger partial charge in [0.15, 0.2) is 0 Å². The van der Waals surface area contributed by atoms with Gasteiger partial charge in [0.1, 0.15) is 17.8 Å². The van der Waals surface area contributed by atoms with Gasteiger partial charge in [0, 0.05) is 17.3 Å². The van der Waals surface area contributed by atoms with Crippen molar-refractivity contribution < 1.29 is 4.74 Å². The summed E-state index contributed by atoms with van der Waals surface area (Å²) >= 11 is 0. The molecular weight excluding hydrogens is 304 g/mol. The second kappa shape index (κ2) is 7.35. The van der Waals surface area contributed by atoms with E-state index in [9.17, 15) is 5.26 Å². The van der Waals surface area contributed by atoms with E-state index in [1.165, 1.54) is 0 Å². The topological polar surface area (TPSA) is 45.9 Å². The van der Waals surface area contributed by atoms with Gasteiger partial charge in [-0.2, -0.15) is 5.26 Å². The molecule has 0 fully saturated rings. The van der Waals surface area contributed by atoms with Gasteiger partial charge < -0.3 is 4.74 Å². The lowest BCUT2D eigenvalue weighted by Crippen LogP contribution is -2.31. The van der Waals surface area contributed by atoms with Crippen molar-refractivity contribution in [2.75, 3.05) is 6.61 Å². The lowest BCUT2D eigenvalue weighted by atomic mass is 9.81. The van der Waals surface area contributed by atoms with Crippen molar-refractivity contribution in [3.05, 3.63) is 54.4 Å². The monoisotopic (exact) mass is 318 g/mol. The maximum absolute atomic E-state index is 9.61. The molecule has 2 aromatic rings. The average Bonchev–Trinajstić information content (AvgIpc) is 2.58. The number of hydrogen-bond acceptors (Lipinski definition) is 4. The Hall–Kier alpha value is -1.70. The summed E-state index contributed by atoms with van der Waals surface area (Å²) in [4.78, 5) is 5.06. The van der Waals surface area contributed by atoms with Crippen molar-refractivity contribution in [2.45, 2.75) is 23.7 Å². The molecule has 1 unspecified atom stereocenters. The van der Waals surface area contributed by atoms with E-state index >= 15 is 0 Å². The largest absolute Gasteiger partial charge is 0.492 e. The van der Waals surface area contributed by atoms with Crippen LogP contribution in [0.15, 0.2) is 53.7 Å². The highest BCUT2D eigenvalue weighted by Crippen LogP contribution is 2.29. The van der Waals surface area contributed by atoms with Crippen LogP contribution in [0.1, 0.15) is 18.9 Å². The number of halogens is 1. The third-order valence-corrected chi connectivity index (χ3v) is 4.41. The Balaban J connectivity index is 2.15. The van der Waals surface area contributed by atoms with Gasteiger partial charge in [-0.05, 0) is 64.0 Å². The number of nitriles is 1. The fourth-order valence-corrected chi connectivity index (χ4v) is 2.55. The standard InChI is InChI=1S/C16H15ClN2OS/c1-2-16(11-18,13-4-3-9-19-10-13)12-20-14-5-7-15(21-17)8-6-14/h3-10H,2,12H2,1H3. The number of benzene rings is 1. The Morgan fingerprint density at radius 2 is 2.10 bits per heavy atom. The maximum Gasteiger partial charge on any atom is 0.119 e. The van der Waals surface area contributed by atoms with Gasteiger partial charge in [0.2, 0.25) is 0 Å². The predicted molar refractivity (Wildman–Crippen MR) is 85.5 cm³/mol. The minimum Gasteiger partial charge on any atom is -0.492 e. The van der Waals surface area contributed by atoms with Crippen LogP contribution in [0.5, 0.6) is 5.75 Å². The molecule has 1 heterocycles. The van der Waals surface area contributed by atoms with Crippen molar-refractivity contribution in [2.24, 2.45) is 0 Å². The molecule has 21 heavy (non-hydrogen) atoms. The molecule has 0 saturated carbocycles. The van der Waals surface area contributed by atoms with Crippen LogP contribution in [-0.4, -0.2) is 11.6 Å². The van der Waals surface area contributed by atoms with E-state index in [1.54, 1.807) is 12.4 Å². The third-order valence-electron chi connectivity index (χ3n) is 3.43. The molecule has 5 heteroatoms. The SMILES string of the molecule is CCC(C#N)(COc1ccc(SCl)cc1)c1cccnc1. The fourth-order valence-electron chi connectivity index (χ4n) is 2.01. The Labute approximate surface area is 133 Å². The first-order valence-electron chi connectivity index (χ1n) is 6.57. The van der Waals surface area contributed by atoms with Gasteiger partial charge in [-0.25, -0.2) is 0 Å². The summed E-state index contributed by atoms with van der Waals surface area (Å²) in [6.45, 7) is 2.27. The zero-order valence-electron chi connectivity index (χ0n) is 11.6. The van der Waals surface area contributed by atoms with E-state index < -0.39 is 5.41 Å². The first kappa shape index (κ1) is 15.7. The molecule has 0 bridgehead atoms. The van der Waals surface area contributed by atoms with E-state index in [4.69, 9.17) is 15.4 Å². The van der Waals surface area contributed by atoms with E-state index in [0.29, 0.717) is 13.0 Å². The Morgan fingerprint density at radius 1 is 1.33 bits per heavy atom. The van der Waals surface area contributed by atoms with Crippen molar-refractivity contribution in [3.63, 3.8) is 0 Å². The summed E-state index contributed by atoms with van der Waals surface area (Å²) in [5, 5.41) is 9.61. The summed E-state index contributed by atoms with van der Waals surface area (Å²) < 4.78 is 5.80. The molecule has 1 aromatic heterocycles. The second-order valence-corrected chi connectivity index (χ2v) is 5.72. The molecule has 2 rings (SSSR count). The van der Waals surface area contributed by atoms with Crippen LogP contribution in [0.25, 0.3) is 0 Å². The normalized spacial score (nSPS) is 13.2. The van der Waals surface area contributed by atoms with Crippen LogP contribution in [-0.2, 0) is 5.41 Å². The Kier molecular flexibility index (Phi) is 5.49. The predicted octanol–water partition coefficient (Wildman–Crippen LogP) is 4.58. The Bertz CT molecular complexity index is 612. The number of pyridine rings is 1. The van der Waals surface area contributed by atoms with Gasteiger partial charge in [-0.3, -0.25) is 4.98 Å². The van der Waals surface area contributed by atoms with Gasteiger partial charge in [0.05, 0.1) is 6.07 Å².